The van der Waals surface area contributed by atoms with Crippen LogP contribution < -0.4 is 5.32 Å². The standard InChI is InChI=1S/C19H27N3O3/c1-11-7-14(8-11)19(24)22-6-5-15(9-12(22)2)20-18(23)16-10-17(25-21-16)13-3-4-13/h10-15H,3-9H2,1-2H3,(H,20,23)/t11?,12-,14?,15?/m1/s1. The molecule has 3 aliphatic rings. The van der Waals surface area contributed by atoms with Crippen molar-refractivity contribution in [3.8, 4) is 0 Å². The summed E-state index contributed by atoms with van der Waals surface area (Å²) in [6.45, 7) is 5.01. The fourth-order valence-corrected chi connectivity index (χ4v) is 4.19. The third kappa shape index (κ3) is 3.44. The molecule has 1 aromatic heterocycles. The van der Waals surface area contributed by atoms with E-state index in [2.05, 4.69) is 24.3 Å². The maximum Gasteiger partial charge on any atom is 0.273 e. The lowest BCUT2D eigenvalue weighted by Crippen LogP contribution is -2.53. The normalized spacial score (nSPS) is 32.2. The number of piperidine rings is 1. The second kappa shape index (κ2) is 6.46. The van der Waals surface area contributed by atoms with Crippen molar-refractivity contribution in [1.29, 1.82) is 0 Å². The molecule has 0 spiro atoms. The van der Waals surface area contributed by atoms with Crippen LogP contribution in [0.2, 0.25) is 0 Å². The highest BCUT2D eigenvalue weighted by atomic mass is 16.5. The molecule has 2 amide bonds. The molecule has 0 aromatic carbocycles. The van der Waals surface area contributed by atoms with E-state index >= 15 is 0 Å². The number of carbonyl (C=O) groups is 2. The third-order valence-electron chi connectivity index (χ3n) is 5.96. The van der Waals surface area contributed by atoms with Crippen molar-refractivity contribution in [2.24, 2.45) is 11.8 Å². The van der Waals surface area contributed by atoms with Gasteiger partial charge in [0.25, 0.3) is 5.91 Å². The Kier molecular flexibility index (Phi) is 4.29. The van der Waals surface area contributed by atoms with Crippen molar-refractivity contribution in [2.75, 3.05) is 6.54 Å². The lowest BCUT2D eigenvalue weighted by molar-refractivity contribution is -0.143. The summed E-state index contributed by atoms with van der Waals surface area (Å²) in [4.78, 5) is 27.0. The third-order valence-corrected chi connectivity index (χ3v) is 5.96. The summed E-state index contributed by atoms with van der Waals surface area (Å²) in [6.07, 6.45) is 5.90. The number of aromatic nitrogens is 1. The van der Waals surface area contributed by atoms with Gasteiger partial charge in [0.2, 0.25) is 5.91 Å². The Balaban J connectivity index is 1.29. The summed E-state index contributed by atoms with van der Waals surface area (Å²) in [5.41, 5.74) is 0.372. The molecule has 6 nitrogen and oxygen atoms in total. The van der Waals surface area contributed by atoms with Crippen LogP contribution in [0.25, 0.3) is 0 Å². The SMILES string of the molecule is CC1CC(C(=O)N2CCC(NC(=O)c3cc(C4CC4)on3)C[C@H]2C)C1. The van der Waals surface area contributed by atoms with Gasteiger partial charge in [0, 0.05) is 36.5 Å². The van der Waals surface area contributed by atoms with E-state index in [4.69, 9.17) is 4.52 Å². The molecular formula is C19H27N3O3. The minimum atomic E-state index is -0.166. The van der Waals surface area contributed by atoms with Gasteiger partial charge in [-0.05, 0) is 51.4 Å². The topological polar surface area (TPSA) is 75.4 Å². The molecule has 4 rings (SSSR count). The van der Waals surface area contributed by atoms with Crippen molar-refractivity contribution >= 4 is 11.8 Å². The van der Waals surface area contributed by atoms with Crippen LogP contribution in [-0.2, 0) is 4.79 Å². The highest BCUT2D eigenvalue weighted by molar-refractivity contribution is 5.92. The fraction of sp³-hybridized carbons (Fsp3) is 0.737. The average Bonchev–Trinajstić information content (AvgIpc) is 3.28. The van der Waals surface area contributed by atoms with Gasteiger partial charge in [0.05, 0.1) is 0 Å². The molecule has 2 aliphatic carbocycles. The molecule has 6 heteroatoms. The van der Waals surface area contributed by atoms with Gasteiger partial charge in [-0.25, -0.2) is 0 Å². The zero-order chi connectivity index (χ0) is 17.6. The lowest BCUT2D eigenvalue weighted by atomic mass is 9.75. The molecule has 1 unspecified atom stereocenters. The van der Waals surface area contributed by atoms with Crippen molar-refractivity contribution in [2.45, 2.75) is 70.4 Å². The Labute approximate surface area is 148 Å². The largest absolute Gasteiger partial charge is 0.360 e. The summed E-state index contributed by atoms with van der Waals surface area (Å²) < 4.78 is 5.26. The van der Waals surface area contributed by atoms with Crippen LogP contribution in [0.5, 0.6) is 0 Å². The summed E-state index contributed by atoms with van der Waals surface area (Å²) in [6, 6.07) is 2.03. The van der Waals surface area contributed by atoms with E-state index < -0.39 is 0 Å². The Bertz CT molecular complexity index is 661. The molecule has 0 bridgehead atoms. The number of amides is 2. The molecule has 2 heterocycles. The van der Waals surface area contributed by atoms with Crippen molar-refractivity contribution in [1.82, 2.24) is 15.4 Å². The number of likely N-dealkylation sites (tertiary alicyclic amines) is 1. The van der Waals surface area contributed by atoms with E-state index in [1.54, 1.807) is 6.07 Å². The Morgan fingerprint density at radius 1 is 1.20 bits per heavy atom. The van der Waals surface area contributed by atoms with Gasteiger partial charge in [-0.15, -0.1) is 0 Å². The van der Waals surface area contributed by atoms with E-state index in [-0.39, 0.29) is 23.9 Å². The zero-order valence-corrected chi connectivity index (χ0v) is 15.0. The minimum Gasteiger partial charge on any atom is -0.360 e. The number of nitrogens with zero attached hydrogens (tertiary/aromatic N) is 2. The summed E-state index contributed by atoms with van der Waals surface area (Å²) in [5, 5.41) is 6.97. The molecule has 1 saturated heterocycles. The molecular weight excluding hydrogens is 318 g/mol. The number of hydrogen-bond donors (Lipinski definition) is 1. The lowest BCUT2D eigenvalue weighted by Gasteiger charge is -2.42. The van der Waals surface area contributed by atoms with Gasteiger partial charge in [-0.2, -0.15) is 0 Å². The van der Waals surface area contributed by atoms with Crippen LogP contribution in [0.3, 0.4) is 0 Å². The monoisotopic (exact) mass is 345 g/mol. The van der Waals surface area contributed by atoms with Crippen LogP contribution in [-0.4, -0.2) is 40.5 Å². The predicted octanol–water partition coefficient (Wildman–Crippen LogP) is 2.71. The maximum absolute atomic E-state index is 12.6. The van der Waals surface area contributed by atoms with Crippen LogP contribution in [0.4, 0.5) is 0 Å². The van der Waals surface area contributed by atoms with Gasteiger partial charge in [-0.1, -0.05) is 12.1 Å². The van der Waals surface area contributed by atoms with E-state index in [0.717, 1.165) is 50.8 Å². The highest BCUT2D eigenvalue weighted by Gasteiger charge is 2.38. The van der Waals surface area contributed by atoms with Crippen molar-refractivity contribution < 1.29 is 14.1 Å². The molecule has 2 saturated carbocycles. The molecule has 0 radical (unpaired) electrons. The van der Waals surface area contributed by atoms with Gasteiger partial charge >= 0.3 is 0 Å². The summed E-state index contributed by atoms with van der Waals surface area (Å²) in [5.74, 6) is 2.33. The minimum absolute atomic E-state index is 0.0907. The fourth-order valence-electron chi connectivity index (χ4n) is 4.19. The van der Waals surface area contributed by atoms with Gasteiger partial charge in [0.15, 0.2) is 5.69 Å². The molecule has 3 fully saturated rings. The zero-order valence-electron chi connectivity index (χ0n) is 15.0. The first-order valence-electron chi connectivity index (χ1n) is 9.59. The van der Waals surface area contributed by atoms with Crippen LogP contribution in [0, 0.1) is 11.8 Å². The first-order valence-corrected chi connectivity index (χ1v) is 9.59. The van der Waals surface area contributed by atoms with E-state index in [1.165, 1.54) is 0 Å². The number of hydrogen-bond acceptors (Lipinski definition) is 4. The first-order chi connectivity index (χ1) is 12.0. The first kappa shape index (κ1) is 16.6. The second-order valence-corrected chi connectivity index (χ2v) is 8.24. The van der Waals surface area contributed by atoms with Gasteiger partial charge in [0.1, 0.15) is 5.76 Å². The number of rotatable bonds is 4. The second-order valence-electron chi connectivity index (χ2n) is 8.24. The average molecular weight is 345 g/mol. The molecule has 1 aliphatic heterocycles. The summed E-state index contributed by atoms with van der Waals surface area (Å²) in [7, 11) is 0. The Morgan fingerprint density at radius 2 is 1.96 bits per heavy atom. The van der Waals surface area contributed by atoms with Crippen molar-refractivity contribution in [3.05, 3.63) is 17.5 Å². The Morgan fingerprint density at radius 3 is 2.60 bits per heavy atom. The van der Waals surface area contributed by atoms with E-state index in [1.807, 2.05) is 4.90 Å². The molecule has 1 N–H and O–H groups in total. The van der Waals surface area contributed by atoms with E-state index in [9.17, 15) is 9.59 Å². The predicted molar refractivity (Wildman–Crippen MR) is 92.0 cm³/mol. The van der Waals surface area contributed by atoms with E-state index in [0.29, 0.717) is 23.4 Å². The smallest absolute Gasteiger partial charge is 0.273 e. The van der Waals surface area contributed by atoms with Crippen molar-refractivity contribution in [3.63, 3.8) is 0 Å². The van der Waals surface area contributed by atoms with Crippen LogP contribution >= 0.6 is 0 Å². The molecule has 1 aromatic rings. The van der Waals surface area contributed by atoms with Gasteiger partial charge in [-0.3, -0.25) is 9.59 Å². The molecule has 2 atom stereocenters. The molecule has 136 valence electrons. The van der Waals surface area contributed by atoms with Gasteiger partial charge < -0.3 is 14.7 Å². The number of nitrogens with one attached hydrogen (secondary N) is 1. The number of carbonyl (C=O) groups excluding carboxylic acids is 2. The van der Waals surface area contributed by atoms with Crippen LogP contribution in [0.1, 0.15) is 74.5 Å². The van der Waals surface area contributed by atoms with Crippen LogP contribution in [0.15, 0.2) is 10.6 Å². The maximum atomic E-state index is 12.6. The molecule has 25 heavy (non-hydrogen) atoms. The quantitative estimate of drug-likeness (QED) is 0.910. The summed E-state index contributed by atoms with van der Waals surface area (Å²) >= 11 is 0. The Hall–Kier alpha value is -1.85. The highest BCUT2D eigenvalue weighted by Crippen LogP contribution is 2.40.